The third-order valence-electron chi connectivity index (χ3n) is 2.50. The summed E-state index contributed by atoms with van der Waals surface area (Å²) >= 11 is 5.81. The van der Waals surface area contributed by atoms with Crippen molar-refractivity contribution in [1.82, 2.24) is 10.2 Å². The highest BCUT2D eigenvalue weighted by Crippen LogP contribution is 2.29. The largest absolute Gasteiger partial charge is 0.496 e. The van der Waals surface area contributed by atoms with Gasteiger partial charge in [0.15, 0.2) is 11.0 Å². The molecule has 0 unspecified atom stereocenters. The summed E-state index contributed by atoms with van der Waals surface area (Å²) in [5.74, 6) is 1.19. The Hall–Kier alpha value is -1.81. The predicted molar refractivity (Wildman–Crippen MR) is 68.2 cm³/mol. The van der Waals surface area contributed by atoms with Gasteiger partial charge in [-0.3, -0.25) is 0 Å². The zero-order chi connectivity index (χ0) is 12.4. The molecule has 0 bridgehead atoms. The first-order valence-corrected chi connectivity index (χ1v) is 5.43. The zero-order valence-electron chi connectivity index (χ0n) is 9.57. The number of halogens is 1. The molecule has 4 nitrogen and oxygen atoms in total. The molecular weight excluding hydrogens is 238 g/mol. The van der Waals surface area contributed by atoms with Gasteiger partial charge in [0.1, 0.15) is 5.75 Å². The SMILES string of the molecule is COc1ccc(-c2cc(Cl)nnc2N)cc1C. The molecule has 2 rings (SSSR count). The molecule has 88 valence electrons. The molecule has 1 aromatic carbocycles. The molecule has 0 aliphatic carbocycles. The van der Waals surface area contributed by atoms with Crippen LogP contribution in [0.2, 0.25) is 5.15 Å². The van der Waals surface area contributed by atoms with Crippen LogP contribution in [-0.4, -0.2) is 17.3 Å². The van der Waals surface area contributed by atoms with Crippen LogP contribution in [0.15, 0.2) is 24.3 Å². The average molecular weight is 250 g/mol. The van der Waals surface area contributed by atoms with Crippen LogP contribution < -0.4 is 10.5 Å². The number of aromatic nitrogens is 2. The molecule has 2 N–H and O–H groups in total. The van der Waals surface area contributed by atoms with E-state index in [1.54, 1.807) is 13.2 Å². The summed E-state index contributed by atoms with van der Waals surface area (Å²) in [5, 5.41) is 7.80. The fourth-order valence-electron chi connectivity index (χ4n) is 1.65. The van der Waals surface area contributed by atoms with Crippen LogP contribution in [0.3, 0.4) is 0 Å². The highest BCUT2D eigenvalue weighted by Gasteiger charge is 2.08. The fraction of sp³-hybridized carbons (Fsp3) is 0.167. The van der Waals surface area contributed by atoms with Gasteiger partial charge in [0.2, 0.25) is 0 Å². The van der Waals surface area contributed by atoms with E-state index in [0.29, 0.717) is 11.0 Å². The molecule has 0 aliphatic rings. The first-order chi connectivity index (χ1) is 8.11. The van der Waals surface area contributed by atoms with Crippen LogP contribution in [0.1, 0.15) is 5.56 Å². The van der Waals surface area contributed by atoms with Gasteiger partial charge >= 0.3 is 0 Å². The van der Waals surface area contributed by atoms with Crippen molar-refractivity contribution >= 4 is 17.4 Å². The monoisotopic (exact) mass is 249 g/mol. The Kier molecular flexibility index (Phi) is 3.15. The van der Waals surface area contributed by atoms with Gasteiger partial charge in [-0.05, 0) is 36.2 Å². The van der Waals surface area contributed by atoms with E-state index in [1.165, 1.54) is 0 Å². The number of aryl methyl sites for hydroxylation is 1. The van der Waals surface area contributed by atoms with Crippen LogP contribution in [0.4, 0.5) is 5.82 Å². The normalized spacial score (nSPS) is 10.3. The second kappa shape index (κ2) is 4.59. The molecule has 0 radical (unpaired) electrons. The number of methoxy groups -OCH3 is 1. The fourth-order valence-corrected chi connectivity index (χ4v) is 1.80. The van der Waals surface area contributed by atoms with Gasteiger partial charge in [0.05, 0.1) is 7.11 Å². The van der Waals surface area contributed by atoms with E-state index in [0.717, 1.165) is 22.4 Å². The topological polar surface area (TPSA) is 61.0 Å². The van der Waals surface area contributed by atoms with E-state index >= 15 is 0 Å². The van der Waals surface area contributed by atoms with Crippen LogP contribution in [0.5, 0.6) is 5.75 Å². The molecule has 0 atom stereocenters. The molecule has 0 spiro atoms. The van der Waals surface area contributed by atoms with Crippen molar-refractivity contribution in [3.05, 3.63) is 35.0 Å². The number of anilines is 1. The number of ether oxygens (including phenoxy) is 1. The standard InChI is InChI=1S/C12H12ClN3O/c1-7-5-8(3-4-10(7)17-2)9-6-11(13)15-16-12(9)14/h3-6H,1-2H3,(H2,14,16). The molecule has 0 saturated heterocycles. The third kappa shape index (κ3) is 2.31. The molecule has 17 heavy (non-hydrogen) atoms. The lowest BCUT2D eigenvalue weighted by molar-refractivity contribution is 0.412. The average Bonchev–Trinajstić information content (AvgIpc) is 2.32. The number of benzene rings is 1. The van der Waals surface area contributed by atoms with Crippen LogP contribution in [0, 0.1) is 6.92 Å². The zero-order valence-corrected chi connectivity index (χ0v) is 10.3. The van der Waals surface area contributed by atoms with Crippen LogP contribution in [-0.2, 0) is 0 Å². The van der Waals surface area contributed by atoms with Gasteiger partial charge in [0.25, 0.3) is 0 Å². The van der Waals surface area contributed by atoms with Crippen molar-refractivity contribution < 1.29 is 4.74 Å². The lowest BCUT2D eigenvalue weighted by Crippen LogP contribution is -1.97. The van der Waals surface area contributed by atoms with Crippen LogP contribution in [0.25, 0.3) is 11.1 Å². The number of nitrogen functional groups attached to an aromatic ring is 1. The Balaban J connectivity index is 2.53. The maximum atomic E-state index is 5.81. The summed E-state index contributed by atoms with van der Waals surface area (Å²) in [6.07, 6.45) is 0. The Morgan fingerprint density at radius 3 is 2.65 bits per heavy atom. The molecule has 0 fully saturated rings. The third-order valence-corrected chi connectivity index (χ3v) is 2.68. The molecule has 0 aliphatic heterocycles. The molecule has 1 aromatic heterocycles. The van der Waals surface area contributed by atoms with E-state index < -0.39 is 0 Å². The minimum absolute atomic E-state index is 0.322. The molecule has 1 heterocycles. The maximum absolute atomic E-state index is 5.81. The number of hydrogen-bond donors (Lipinski definition) is 1. The van der Waals surface area contributed by atoms with Crippen molar-refractivity contribution in [3.8, 4) is 16.9 Å². The van der Waals surface area contributed by atoms with Gasteiger partial charge in [0, 0.05) is 5.56 Å². The minimum Gasteiger partial charge on any atom is -0.496 e. The Bertz CT molecular complexity index is 557. The van der Waals surface area contributed by atoms with Gasteiger partial charge in [-0.15, -0.1) is 10.2 Å². The van der Waals surface area contributed by atoms with Gasteiger partial charge in [-0.25, -0.2) is 0 Å². The predicted octanol–water partition coefficient (Wildman–Crippen LogP) is 2.70. The number of hydrogen-bond acceptors (Lipinski definition) is 4. The first-order valence-electron chi connectivity index (χ1n) is 5.05. The smallest absolute Gasteiger partial charge is 0.154 e. The van der Waals surface area contributed by atoms with Gasteiger partial charge < -0.3 is 10.5 Å². The minimum atomic E-state index is 0.322. The lowest BCUT2D eigenvalue weighted by atomic mass is 10.0. The quantitative estimate of drug-likeness (QED) is 0.889. The van der Waals surface area contributed by atoms with E-state index in [9.17, 15) is 0 Å². The summed E-state index contributed by atoms with van der Waals surface area (Å²) in [6, 6.07) is 7.47. The van der Waals surface area contributed by atoms with Crippen molar-refractivity contribution in [1.29, 1.82) is 0 Å². The lowest BCUT2D eigenvalue weighted by Gasteiger charge is -2.08. The van der Waals surface area contributed by atoms with E-state index in [2.05, 4.69) is 10.2 Å². The number of rotatable bonds is 2. The van der Waals surface area contributed by atoms with Gasteiger partial charge in [-0.2, -0.15) is 0 Å². The molecule has 0 amide bonds. The van der Waals surface area contributed by atoms with E-state index in [-0.39, 0.29) is 0 Å². The van der Waals surface area contributed by atoms with Crippen molar-refractivity contribution in [2.24, 2.45) is 0 Å². The Morgan fingerprint density at radius 1 is 1.24 bits per heavy atom. The molecule has 5 heteroatoms. The second-order valence-corrected chi connectivity index (χ2v) is 4.04. The highest BCUT2D eigenvalue weighted by atomic mass is 35.5. The molecule has 2 aromatic rings. The Labute approximate surface area is 104 Å². The highest BCUT2D eigenvalue weighted by molar-refractivity contribution is 6.29. The first kappa shape index (κ1) is 11.7. The number of nitrogens with zero attached hydrogens (tertiary/aromatic N) is 2. The summed E-state index contributed by atoms with van der Waals surface area (Å²) in [5.41, 5.74) is 8.52. The van der Waals surface area contributed by atoms with Gasteiger partial charge in [-0.1, -0.05) is 17.7 Å². The van der Waals surface area contributed by atoms with Crippen molar-refractivity contribution in [2.75, 3.05) is 12.8 Å². The maximum Gasteiger partial charge on any atom is 0.154 e. The summed E-state index contributed by atoms with van der Waals surface area (Å²) in [6.45, 7) is 1.97. The Morgan fingerprint density at radius 2 is 2.00 bits per heavy atom. The van der Waals surface area contributed by atoms with Crippen molar-refractivity contribution in [2.45, 2.75) is 6.92 Å². The van der Waals surface area contributed by atoms with Crippen molar-refractivity contribution in [3.63, 3.8) is 0 Å². The molecule has 0 saturated carbocycles. The second-order valence-electron chi connectivity index (χ2n) is 3.65. The van der Waals surface area contributed by atoms with Crippen LogP contribution >= 0.6 is 11.6 Å². The summed E-state index contributed by atoms with van der Waals surface area (Å²) in [4.78, 5) is 0. The van der Waals surface area contributed by atoms with E-state index in [1.807, 2.05) is 25.1 Å². The summed E-state index contributed by atoms with van der Waals surface area (Å²) < 4.78 is 5.20. The molecular formula is C12H12ClN3O. The summed E-state index contributed by atoms with van der Waals surface area (Å²) in [7, 11) is 1.64. The van der Waals surface area contributed by atoms with E-state index in [4.69, 9.17) is 22.1 Å². The number of nitrogens with two attached hydrogens (primary N) is 1.